The van der Waals surface area contributed by atoms with Gasteiger partial charge in [0, 0.05) is 30.5 Å². The third-order valence-electron chi connectivity index (χ3n) is 3.91. The van der Waals surface area contributed by atoms with E-state index in [4.69, 9.17) is 27.9 Å². The number of hydrogen-bond donors (Lipinski definition) is 1. The number of benzene rings is 1. The van der Waals surface area contributed by atoms with Crippen LogP contribution in [0.15, 0.2) is 24.4 Å². The van der Waals surface area contributed by atoms with Gasteiger partial charge in [0.25, 0.3) is 0 Å². The van der Waals surface area contributed by atoms with Gasteiger partial charge in [-0.15, -0.1) is 11.3 Å². The van der Waals surface area contributed by atoms with Crippen molar-refractivity contribution < 1.29 is 9.53 Å². The van der Waals surface area contributed by atoms with Gasteiger partial charge in [-0.2, -0.15) is 0 Å². The van der Waals surface area contributed by atoms with Crippen molar-refractivity contribution in [3.8, 4) is 0 Å². The molecule has 1 aromatic carbocycles. The Balaban J connectivity index is 1.53. The molecule has 1 aromatic heterocycles. The highest BCUT2D eigenvalue weighted by Gasteiger charge is 2.17. The molecular weight excluding hydrogens is 367 g/mol. The number of amides is 1. The van der Waals surface area contributed by atoms with Crippen LogP contribution in [0.3, 0.4) is 0 Å². The summed E-state index contributed by atoms with van der Waals surface area (Å²) in [5, 5.41) is 4.57. The minimum absolute atomic E-state index is 0.0211. The van der Waals surface area contributed by atoms with Crippen LogP contribution < -0.4 is 5.32 Å². The standard InChI is InChI=1S/C17H18Cl2N2O2S/c18-14-5-1-3-11(16(14)19)9-13-10-20-17(24-13)21-15(22)7-6-12-4-2-8-23-12/h1,3,5,10,12H,2,4,6-9H2,(H,20,21,22). The van der Waals surface area contributed by atoms with E-state index in [1.165, 1.54) is 11.3 Å². The molecule has 4 nitrogen and oxygen atoms in total. The number of thiazole rings is 1. The maximum absolute atomic E-state index is 12.0. The second kappa shape index (κ2) is 8.30. The number of nitrogens with zero attached hydrogens (tertiary/aromatic N) is 1. The molecule has 0 aliphatic carbocycles. The van der Waals surface area contributed by atoms with Crippen molar-refractivity contribution in [1.29, 1.82) is 0 Å². The minimum atomic E-state index is -0.0211. The SMILES string of the molecule is O=C(CCC1CCCO1)Nc1ncc(Cc2cccc(Cl)c2Cl)s1. The summed E-state index contributed by atoms with van der Waals surface area (Å²) in [4.78, 5) is 17.3. The van der Waals surface area contributed by atoms with Crippen molar-refractivity contribution in [2.75, 3.05) is 11.9 Å². The number of nitrogens with one attached hydrogen (secondary N) is 1. The second-order valence-corrected chi connectivity index (χ2v) is 7.64. The molecule has 1 unspecified atom stereocenters. The maximum atomic E-state index is 12.0. The molecule has 1 atom stereocenters. The zero-order chi connectivity index (χ0) is 16.9. The van der Waals surface area contributed by atoms with Crippen LogP contribution in [0, 0.1) is 0 Å². The topological polar surface area (TPSA) is 51.2 Å². The van der Waals surface area contributed by atoms with E-state index in [-0.39, 0.29) is 12.0 Å². The van der Waals surface area contributed by atoms with E-state index >= 15 is 0 Å². The van der Waals surface area contributed by atoms with Gasteiger partial charge in [-0.05, 0) is 30.9 Å². The predicted molar refractivity (Wildman–Crippen MR) is 98.2 cm³/mol. The van der Waals surface area contributed by atoms with E-state index in [2.05, 4.69) is 10.3 Å². The summed E-state index contributed by atoms with van der Waals surface area (Å²) in [6, 6.07) is 5.58. The molecule has 7 heteroatoms. The van der Waals surface area contributed by atoms with Gasteiger partial charge in [0.2, 0.25) is 5.91 Å². The van der Waals surface area contributed by atoms with Gasteiger partial charge in [-0.25, -0.2) is 4.98 Å². The highest BCUT2D eigenvalue weighted by Crippen LogP contribution is 2.29. The van der Waals surface area contributed by atoms with Crippen LogP contribution in [-0.4, -0.2) is 23.6 Å². The van der Waals surface area contributed by atoms with Crippen molar-refractivity contribution in [3.63, 3.8) is 0 Å². The molecular formula is C17H18Cl2N2O2S. The smallest absolute Gasteiger partial charge is 0.226 e. The molecule has 24 heavy (non-hydrogen) atoms. The first kappa shape index (κ1) is 17.7. The Hall–Kier alpha value is -1.14. The third-order valence-corrected chi connectivity index (χ3v) is 5.68. The largest absolute Gasteiger partial charge is 0.378 e. The second-order valence-electron chi connectivity index (χ2n) is 5.74. The molecule has 1 N–H and O–H groups in total. The maximum Gasteiger partial charge on any atom is 0.226 e. The summed E-state index contributed by atoms with van der Waals surface area (Å²) < 4.78 is 5.53. The summed E-state index contributed by atoms with van der Waals surface area (Å²) in [7, 11) is 0. The number of anilines is 1. The number of aromatic nitrogens is 1. The van der Waals surface area contributed by atoms with Gasteiger partial charge in [0.1, 0.15) is 0 Å². The normalized spacial score (nSPS) is 17.2. The van der Waals surface area contributed by atoms with Crippen molar-refractivity contribution in [3.05, 3.63) is 44.9 Å². The summed E-state index contributed by atoms with van der Waals surface area (Å²) >= 11 is 13.7. The first-order valence-electron chi connectivity index (χ1n) is 7.91. The Morgan fingerprint density at radius 2 is 2.29 bits per heavy atom. The first-order valence-corrected chi connectivity index (χ1v) is 9.48. The average Bonchev–Trinajstić information content (AvgIpc) is 3.22. The Kier molecular flexibility index (Phi) is 6.11. The zero-order valence-corrected chi connectivity index (χ0v) is 15.4. The molecule has 1 aliphatic heterocycles. The van der Waals surface area contributed by atoms with Crippen molar-refractivity contribution in [2.24, 2.45) is 0 Å². The highest BCUT2D eigenvalue weighted by molar-refractivity contribution is 7.15. The van der Waals surface area contributed by atoms with E-state index < -0.39 is 0 Å². The molecule has 0 radical (unpaired) electrons. The summed E-state index contributed by atoms with van der Waals surface area (Å²) in [6.45, 7) is 0.814. The molecule has 128 valence electrons. The van der Waals surface area contributed by atoms with Crippen LogP contribution in [-0.2, 0) is 16.0 Å². The molecule has 0 bridgehead atoms. The van der Waals surface area contributed by atoms with E-state index in [1.807, 2.05) is 12.1 Å². The predicted octanol–water partition coefficient (Wildman–Crippen LogP) is 4.94. The number of rotatable bonds is 6. The molecule has 2 heterocycles. The lowest BCUT2D eigenvalue weighted by Crippen LogP contribution is -2.15. The van der Waals surface area contributed by atoms with Crippen LogP contribution in [0.1, 0.15) is 36.1 Å². The monoisotopic (exact) mass is 384 g/mol. The van der Waals surface area contributed by atoms with Gasteiger partial charge in [-0.3, -0.25) is 4.79 Å². The summed E-state index contributed by atoms with van der Waals surface area (Å²) in [5.74, 6) is -0.0211. The van der Waals surface area contributed by atoms with Crippen molar-refractivity contribution in [1.82, 2.24) is 4.98 Å². The van der Waals surface area contributed by atoms with Crippen LogP contribution in [0.25, 0.3) is 0 Å². The fourth-order valence-corrected chi connectivity index (χ4v) is 3.90. The molecule has 0 spiro atoms. The lowest BCUT2D eigenvalue weighted by molar-refractivity contribution is -0.116. The quantitative estimate of drug-likeness (QED) is 0.767. The molecule has 1 aliphatic rings. The molecule has 3 rings (SSSR count). The summed E-state index contributed by atoms with van der Waals surface area (Å²) in [6.07, 6.45) is 6.00. The Labute approximate surface area is 155 Å². The number of hydrogen-bond acceptors (Lipinski definition) is 4. The number of ether oxygens (including phenoxy) is 1. The Morgan fingerprint density at radius 1 is 1.42 bits per heavy atom. The number of carbonyl (C=O) groups is 1. The van der Waals surface area contributed by atoms with Crippen molar-refractivity contribution >= 4 is 45.6 Å². The summed E-state index contributed by atoms with van der Waals surface area (Å²) in [5.41, 5.74) is 0.948. The van der Waals surface area contributed by atoms with Crippen molar-refractivity contribution in [2.45, 2.75) is 38.2 Å². The van der Waals surface area contributed by atoms with Crippen LogP contribution in [0.5, 0.6) is 0 Å². The lowest BCUT2D eigenvalue weighted by Gasteiger charge is -2.08. The molecule has 2 aromatic rings. The molecule has 1 saturated heterocycles. The Bertz CT molecular complexity index is 714. The number of halogens is 2. The van der Waals surface area contributed by atoms with Gasteiger partial charge in [0.05, 0.1) is 16.1 Å². The van der Waals surface area contributed by atoms with E-state index in [0.717, 1.165) is 36.3 Å². The Morgan fingerprint density at radius 3 is 3.08 bits per heavy atom. The van der Waals surface area contributed by atoms with E-state index in [1.54, 1.807) is 12.3 Å². The van der Waals surface area contributed by atoms with Crippen LogP contribution in [0.2, 0.25) is 10.0 Å². The van der Waals surface area contributed by atoms with Crippen LogP contribution in [0.4, 0.5) is 5.13 Å². The number of carbonyl (C=O) groups excluding carboxylic acids is 1. The molecule has 0 saturated carbocycles. The van der Waals surface area contributed by atoms with E-state index in [9.17, 15) is 4.79 Å². The fourth-order valence-electron chi connectivity index (χ4n) is 2.67. The first-order chi connectivity index (χ1) is 11.6. The lowest BCUT2D eigenvalue weighted by atomic mass is 10.1. The third kappa shape index (κ3) is 4.70. The average molecular weight is 385 g/mol. The van der Waals surface area contributed by atoms with Gasteiger partial charge >= 0.3 is 0 Å². The minimum Gasteiger partial charge on any atom is -0.378 e. The van der Waals surface area contributed by atoms with E-state index in [0.29, 0.717) is 28.0 Å². The van der Waals surface area contributed by atoms with Crippen LogP contribution >= 0.6 is 34.5 Å². The molecule has 1 fully saturated rings. The zero-order valence-electron chi connectivity index (χ0n) is 13.1. The molecule has 1 amide bonds. The highest BCUT2D eigenvalue weighted by atomic mass is 35.5. The van der Waals surface area contributed by atoms with Gasteiger partial charge < -0.3 is 10.1 Å². The van der Waals surface area contributed by atoms with Gasteiger partial charge in [-0.1, -0.05) is 35.3 Å². The van der Waals surface area contributed by atoms with Gasteiger partial charge in [0.15, 0.2) is 5.13 Å². The fraction of sp³-hybridized carbons (Fsp3) is 0.412.